The molecular weight excluding hydrogens is 290 g/mol. The zero-order chi connectivity index (χ0) is 16.1. The number of thiazole rings is 1. The molecule has 0 fully saturated rings. The summed E-state index contributed by atoms with van der Waals surface area (Å²) in [6, 6.07) is 8.71. The van der Waals surface area contributed by atoms with Gasteiger partial charge in [0, 0.05) is 22.7 Å². The number of nitrogens with zero attached hydrogens (tertiary/aromatic N) is 2. The van der Waals surface area contributed by atoms with Gasteiger partial charge in [0.05, 0.1) is 11.4 Å². The number of hydrogen-bond donors (Lipinski definition) is 1. The second kappa shape index (κ2) is 5.21. The molecule has 3 nitrogen and oxygen atoms in total. The van der Waals surface area contributed by atoms with E-state index in [-0.39, 0.29) is 5.41 Å². The van der Waals surface area contributed by atoms with Gasteiger partial charge in [-0.2, -0.15) is 0 Å². The summed E-state index contributed by atoms with van der Waals surface area (Å²) in [5.41, 5.74) is 12.0. The molecular formula is C18H23N3S. The molecule has 0 atom stereocenters. The number of rotatable bonds is 2. The highest BCUT2D eigenvalue weighted by atomic mass is 32.1. The second-order valence-electron chi connectivity index (χ2n) is 6.80. The topological polar surface area (TPSA) is 43.3 Å². The second-order valence-corrected chi connectivity index (χ2v) is 7.98. The van der Waals surface area contributed by atoms with E-state index in [9.17, 15) is 0 Å². The minimum atomic E-state index is 0.164. The van der Waals surface area contributed by atoms with E-state index in [0.29, 0.717) is 6.54 Å². The van der Waals surface area contributed by atoms with E-state index in [4.69, 9.17) is 10.7 Å². The van der Waals surface area contributed by atoms with Crippen LogP contribution in [0.5, 0.6) is 0 Å². The summed E-state index contributed by atoms with van der Waals surface area (Å²) in [5, 5.41) is 0. The standard InChI is InChI=1S/C18H23N3S/c1-11-12(2)22-17-20-16(15(10-19)21(11)17)13-6-8-14(9-7-13)18(3,4)5/h6-9H,10,19H2,1-5H3. The van der Waals surface area contributed by atoms with Crippen molar-refractivity contribution in [1.82, 2.24) is 9.38 Å². The van der Waals surface area contributed by atoms with E-state index in [1.807, 2.05) is 0 Å². The first kappa shape index (κ1) is 15.3. The Morgan fingerprint density at radius 1 is 1.14 bits per heavy atom. The van der Waals surface area contributed by atoms with Crippen LogP contribution in [0.3, 0.4) is 0 Å². The molecule has 2 heterocycles. The summed E-state index contributed by atoms with van der Waals surface area (Å²) in [6.45, 7) is 11.4. The minimum Gasteiger partial charge on any atom is -0.325 e. The van der Waals surface area contributed by atoms with Crippen molar-refractivity contribution in [2.75, 3.05) is 0 Å². The lowest BCUT2D eigenvalue weighted by Crippen LogP contribution is -2.10. The summed E-state index contributed by atoms with van der Waals surface area (Å²) in [5.74, 6) is 0. The lowest BCUT2D eigenvalue weighted by Gasteiger charge is -2.19. The Balaban J connectivity index is 2.14. The van der Waals surface area contributed by atoms with Crippen LogP contribution in [0.15, 0.2) is 24.3 Å². The normalized spacial score (nSPS) is 12.3. The van der Waals surface area contributed by atoms with Gasteiger partial charge in [0.25, 0.3) is 0 Å². The molecule has 3 aromatic rings. The summed E-state index contributed by atoms with van der Waals surface area (Å²) in [7, 11) is 0. The molecule has 3 rings (SSSR count). The quantitative estimate of drug-likeness (QED) is 0.760. The predicted molar refractivity (Wildman–Crippen MR) is 94.6 cm³/mol. The Labute approximate surface area is 135 Å². The van der Waals surface area contributed by atoms with E-state index in [1.165, 1.54) is 16.1 Å². The molecule has 4 heteroatoms. The lowest BCUT2D eigenvalue weighted by molar-refractivity contribution is 0.590. The molecule has 1 aromatic carbocycles. The number of nitrogens with two attached hydrogens (primary N) is 1. The van der Waals surface area contributed by atoms with Crippen LogP contribution in [0.2, 0.25) is 0 Å². The average molecular weight is 313 g/mol. The van der Waals surface area contributed by atoms with Gasteiger partial charge in [-0.3, -0.25) is 4.40 Å². The van der Waals surface area contributed by atoms with Gasteiger partial charge in [-0.1, -0.05) is 45.0 Å². The third-order valence-corrected chi connectivity index (χ3v) is 5.31. The van der Waals surface area contributed by atoms with E-state index in [2.05, 4.69) is 63.3 Å². The molecule has 2 N–H and O–H groups in total. The van der Waals surface area contributed by atoms with Crippen LogP contribution in [0, 0.1) is 13.8 Å². The van der Waals surface area contributed by atoms with Crippen molar-refractivity contribution in [1.29, 1.82) is 0 Å². The average Bonchev–Trinajstić information content (AvgIpc) is 2.95. The summed E-state index contributed by atoms with van der Waals surface area (Å²) in [4.78, 5) is 7.16. The van der Waals surface area contributed by atoms with E-state index < -0.39 is 0 Å². The fourth-order valence-corrected chi connectivity index (χ4v) is 3.75. The van der Waals surface area contributed by atoms with E-state index in [0.717, 1.165) is 21.9 Å². The fourth-order valence-electron chi connectivity index (χ4n) is 2.76. The SMILES string of the molecule is Cc1sc2nc(-c3ccc(C(C)(C)C)cc3)c(CN)n2c1C. The van der Waals surface area contributed by atoms with Crippen LogP contribution in [-0.4, -0.2) is 9.38 Å². The van der Waals surface area contributed by atoms with Crippen molar-refractivity contribution >= 4 is 16.3 Å². The molecule has 22 heavy (non-hydrogen) atoms. The highest BCUT2D eigenvalue weighted by Crippen LogP contribution is 2.32. The van der Waals surface area contributed by atoms with E-state index >= 15 is 0 Å². The predicted octanol–water partition coefficient (Wildman–Crippen LogP) is 4.44. The maximum Gasteiger partial charge on any atom is 0.194 e. The van der Waals surface area contributed by atoms with Gasteiger partial charge in [-0.05, 0) is 24.8 Å². The van der Waals surface area contributed by atoms with Crippen molar-refractivity contribution in [2.24, 2.45) is 5.73 Å². The number of benzene rings is 1. The lowest BCUT2D eigenvalue weighted by atomic mass is 9.86. The molecule has 0 unspecified atom stereocenters. The molecule has 0 aliphatic heterocycles. The molecule has 0 bridgehead atoms. The Kier molecular flexibility index (Phi) is 3.62. The molecule has 0 aliphatic carbocycles. The fraction of sp³-hybridized carbons (Fsp3) is 0.389. The molecule has 116 valence electrons. The maximum atomic E-state index is 6.02. The van der Waals surface area contributed by atoms with Crippen molar-refractivity contribution in [2.45, 2.75) is 46.6 Å². The van der Waals surface area contributed by atoms with Gasteiger partial charge < -0.3 is 5.73 Å². The molecule has 0 saturated heterocycles. The third kappa shape index (κ3) is 2.36. The van der Waals surface area contributed by atoms with Crippen LogP contribution >= 0.6 is 11.3 Å². The number of hydrogen-bond acceptors (Lipinski definition) is 3. The number of aromatic nitrogens is 2. The van der Waals surface area contributed by atoms with Crippen molar-refractivity contribution in [3.8, 4) is 11.3 Å². The van der Waals surface area contributed by atoms with Crippen molar-refractivity contribution in [3.05, 3.63) is 46.1 Å². The van der Waals surface area contributed by atoms with Crippen molar-refractivity contribution in [3.63, 3.8) is 0 Å². The molecule has 0 spiro atoms. The van der Waals surface area contributed by atoms with E-state index in [1.54, 1.807) is 11.3 Å². The van der Waals surface area contributed by atoms with Gasteiger partial charge in [0.1, 0.15) is 0 Å². The Morgan fingerprint density at radius 3 is 2.32 bits per heavy atom. The zero-order valence-corrected chi connectivity index (χ0v) is 14.7. The summed E-state index contributed by atoms with van der Waals surface area (Å²) < 4.78 is 2.20. The maximum absolute atomic E-state index is 6.02. The first-order chi connectivity index (χ1) is 10.3. The van der Waals surface area contributed by atoms with Crippen LogP contribution in [0.25, 0.3) is 16.2 Å². The molecule has 0 amide bonds. The highest BCUT2D eigenvalue weighted by molar-refractivity contribution is 7.17. The first-order valence-corrected chi connectivity index (χ1v) is 8.43. The number of fused-ring (bicyclic) bond motifs is 1. The Hall–Kier alpha value is -1.65. The number of aryl methyl sites for hydroxylation is 2. The molecule has 2 aromatic heterocycles. The van der Waals surface area contributed by atoms with Crippen LogP contribution < -0.4 is 5.73 Å². The van der Waals surface area contributed by atoms with Gasteiger partial charge >= 0.3 is 0 Å². The summed E-state index contributed by atoms with van der Waals surface area (Å²) in [6.07, 6.45) is 0. The van der Waals surface area contributed by atoms with Crippen LogP contribution in [-0.2, 0) is 12.0 Å². The molecule has 0 aliphatic rings. The number of imidazole rings is 1. The minimum absolute atomic E-state index is 0.164. The smallest absolute Gasteiger partial charge is 0.194 e. The van der Waals surface area contributed by atoms with Crippen LogP contribution in [0.4, 0.5) is 0 Å². The Bertz CT molecular complexity index is 817. The Morgan fingerprint density at radius 2 is 1.77 bits per heavy atom. The first-order valence-electron chi connectivity index (χ1n) is 7.61. The molecule has 0 radical (unpaired) electrons. The monoisotopic (exact) mass is 313 g/mol. The van der Waals surface area contributed by atoms with Gasteiger partial charge in [0.15, 0.2) is 4.96 Å². The molecule has 0 saturated carbocycles. The van der Waals surface area contributed by atoms with Gasteiger partial charge in [-0.25, -0.2) is 4.98 Å². The highest BCUT2D eigenvalue weighted by Gasteiger charge is 2.18. The van der Waals surface area contributed by atoms with Crippen LogP contribution in [0.1, 0.15) is 42.6 Å². The third-order valence-electron chi connectivity index (χ3n) is 4.25. The largest absolute Gasteiger partial charge is 0.325 e. The van der Waals surface area contributed by atoms with Gasteiger partial charge in [0.2, 0.25) is 0 Å². The van der Waals surface area contributed by atoms with Crippen molar-refractivity contribution < 1.29 is 0 Å². The van der Waals surface area contributed by atoms with Gasteiger partial charge in [-0.15, -0.1) is 11.3 Å². The zero-order valence-electron chi connectivity index (χ0n) is 13.9. The summed E-state index contributed by atoms with van der Waals surface area (Å²) >= 11 is 1.73.